The van der Waals surface area contributed by atoms with Crippen molar-refractivity contribution in [2.75, 3.05) is 5.32 Å². The Kier molecular flexibility index (Phi) is 4.65. The lowest BCUT2D eigenvalue weighted by atomic mass is 10.2. The summed E-state index contributed by atoms with van der Waals surface area (Å²) in [5.41, 5.74) is 0.600. The first-order valence-electron chi connectivity index (χ1n) is 7.02. The topological polar surface area (TPSA) is 38.3 Å². The molecule has 1 N–H and O–H groups in total. The van der Waals surface area contributed by atoms with Gasteiger partial charge in [-0.05, 0) is 43.3 Å². The van der Waals surface area contributed by atoms with Gasteiger partial charge in [0.1, 0.15) is 5.75 Å². The molecule has 1 amide bonds. The molecule has 5 heteroatoms. The summed E-state index contributed by atoms with van der Waals surface area (Å²) in [4.78, 5) is 14.1. The number of carbonyl (C=O) groups excluding carboxylic acids is 1. The predicted octanol–water partition coefficient (Wildman–Crippen LogP) is 5.75. The van der Waals surface area contributed by atoms with E-state index in [1.54, 1.807) is 24.3 Å². The van der Waals surface area contributed by atoms with E-state index in [4.69, 9.17) is 16.3 Å². The molecule has 0 saturated heterocycles. The summed E-state index contributed by atoms with van der Waals surface area (Å²) in [5.74, 6) is 0.934. The highest BCUT2D eigenvalue weighted by atomic mass is 35.5. The van der Waals surface area contributed by atoms with E-state index in [1.165, 1.54) is 11.3 Å². The van der Waals surface area contributed by atoms with Crippen molar-refractivity contribution in [2.24, 2.45) is 0 Å². The number of ether oxygens (including phenoxy) is 1. The highest BCUT2D eigenvalue weighted by Gasteiger charge is 2.12. The van der Waals surface area contributed by atoms with Gasteiger partial charge in [-0.2, -0.15) is 0 Å². The normalized spacial score (nSPS) is 10.3. The minimum atomic E-state index is -0.154. The molecule has 23 heavy (non-hydrogen) atoms. The maximum Gasteiger partial charge on any atom is 0.265 e. The van der Waals surface area contributed by atoms with Crippen LogP contribution in [0.3, 0.4) is 0 Å². The minimum absolute atomic E-state index is 0.154. The molecule has 0 saturated carbocycles. The van der Waals surface area contributed by atoms with Crippen molar-refractivity contribution in [3.63, 3.8) is 0 Å². The standard InChI is InChI=1S/C18H14ClNO2S/c1-12-10-11-17(23-12)18(21)20-14-7-3-5-9-16(14)22-15-8-4-2-6-13(15)19/h2-11H,1H3,(H,20,21). The van der Waals surface area contributed by atoms with Crippen LogP contribution in [0, 0.1) is 6.92 Å². The van der Waals surface area contributed by atoms with E-state index in [2.05, 4.69) is 5.32 Å². The summed E-state index contributed by atoms with van der Waals surface area (Å²) >= 11 is 7.57. The maximum absolute atomic E-state index is 12.3. The molecule has 3 rings (SSSR count). The Morgan fingerprint density at radius 2 is 1.70 bits per heavy atom. The number of thiophene rings is 1. The molecule has 0 aliphatic heterocycles. The molecule has 0 atom stereocenters. The summed E-state index contributed by atoms with van der Waals surface area (Å²) in [6.45, 7) is 1.97. The van der Waals surface area contributed by atoms with Crippen LogP contribution in [0.5, 0.6) is 11.5 Å². The number of benzene rings is 2. The number of halogens is 1. The molecule has 0 fully saturated rings. The van der Waals surface area contributed by atoms with Crippen LogP contribution in [0.25, 0.3) is 0 Å². The fraction of sp³-hybridized carbons (Fsp3) is 0.0556. The first-order valence-corrected chi connectivity index (χ1v) is 8.22. The second kappa shape index (κ2) is 6.86. The van der Waals surface area contributed by atoms with Gasteiger partial charge in [-0.25, -0.2) is 0 Å². The summed E-state index contributed by atoms with van der Waals surface area (Å²) in [5, 5.41) is 3.40. The predicted molar refractivity (Wildman–Crippen MR) is 95.0 cm³/mol. The van der Waals surface area contributed by atoms with E-state index in [0.717, 1.165) is 4.88 Å². The van der Waals surface area contributed by atoms with Gasteiger partial charge in [0.2, 0.25) is 0 Å². The van der Waals surface area contributed by atoms with Gasteiger partial charge in [0, 0.05) is 4.88 Å². The van der Waals surface area contributed by atoms with E-state index in [1.807, 2.05) is 43.3 Å². The first kappa shape index (κ1) is 15.6. The van der Waals surface area contributed by atoms with Crippen LogP contribution >= 0.6 is 22.9 Å². The van der Waals surface area contributed by atoms with Crippen LogP contribution in [0.2, 0.25) is 5.02 Å². The van der Waals surface area contributed by atoms with Crippen molar-refractivity contribution < 1.29 is 9.53 Å². The second-order valence-corrected chi connectivity index (χ2v) is 6.59. The Bertz CT molecular complexity index is 844. The van der Waals surface area contributed by atoms with Gasteiger partial charge in [-0.15, -0.1) is 11.3 Å². The number of nitrogens with one attached hydrogen (secondary N) is 1. The molecular formula is C18H14ClNO2S. The zero-order valence-corrected chi connectivity index (χ0v) is 13.9. The molecular weight excluding hydrogens is 330 g/mol. The van der Waals surface area contributed by atoms with Gasteiger partial charge < -0.3 is 10.1 Å². The lowest BCUT2D eigenvalue weighted by Crippen LogP contribution is -2.10. The van der Waals surface area contributed by atoms with Gasteiger partial charge >= 0.3 is 0 Å². The van der Waals surface area contributed by atoms with Crippen LogP contribution in [0.4, 0.5) is 5.69 Å². The molecule has 0 bridgehead atoms. The fourth-order valence-electron chi connectivity index (χ4n) is 2.05. The molecule has 1 aromatic heterocycles. The SMILES string of the molecule is Cc1ccc(C(=O)Nc2ccccc2Oc2ccccc2Cl)s1. The lowest BCUT2D eigenvalue weighted by molar-refractivity contribution is 0.103. The van der Waals surface area contributed by atoms with Crippen LogP contribution in [-0.2, 0) is 0 Å². The molecule has 116 valence electrons. The third-order valence-corrected chi connectivity index (χ3v) is 4.47. The average molecular weight is 344 g/mol. The number of hydrogen-bond donors (Lipinski definition) is 1. The van der Waals surface area contributed by atoms with Gasteiger partial charge in [0.05, 0.1) is 15.6 Å². The number of anilines is 1. The van der Waals surface area contributed by atoms with Gasteiger partial charge in [-0.3, -0.25) is 4.79 Å². The Balaban J connectivity index is 1.83. The zero-order valence-electron chi connectivity index (χ0n) is 12.4. The zero-order chi connectivity index (χ0) is 16.2. The first-order chi connectivity index (χ1) is 11.1. The van der Waals surface area contributed by atoms with Gasteiger partial charge in [-0.1, -0.05) is 35.9 Å². The number of carbonyl (C=O) groups is 1. The van der Waals surface area contributed by atoms with Crippen LogP contribution in [-0.4, -0.2) is 5.91 Å². The highest BCUT2D eigenvalue weighted by molar-refractivity contribution is 7.14. The quantitative estimate of drug-likeness (QED) is 0.654. The van der Waals surface area contributed by atoms with E-state index >= 15 is 0 Å². The smallest absolute Gasteiger partial charge is 0.265 e. The van der Waals surface area contributed by atoms with E-state index in [9.17, 15) is 4.79 Å². The highest BCUT2D eigenvalue weighted by Crippen LogP contribution is 2.33. The number of rotatable bonds is 4. The van der Waals surface area contributed by atoms with Crippen LogP contribution < -0.4 is 10.1 Å². The number of hydrogen-bond acceptors (Lipinski definition) is 3. The summed E-state index contributed by atoms with van der Waals surface area (Å²) in [6, 6.07) is 18.2. The minimum Gasteiger partial charge on any atom is -0.454 e. The van der Waals surface area contributed by atoms with E-state index in [0.29, 0.717) is 27.1 Å². The lowest BCUT2D eigenvalue weighted by Gasteiger charge is -2.12. The second-order valence-electron chi connectivity index (χ2n) is 4.89. The third-order valence-electron chi connectivity index (χ3n) is 3.16. The Labute approximate surface area is 143 Å². The van der Waals surface area contributed by atoms with Crippen LogP contribution in [0.15, 0.2) is 60.7 Å². The van der Waals surface area contributed by atoms with Gasteiger partial charge in [0.25, 0.3) is 5.91 Å². The van der Waals surface area contributed by atoms with Crippen molar-refractivity contribution in [3.8, 4) is 11.5 Å². The van der Waals surface area contributed by atoms with Crippen molar-refractivity contribution in [1.82, 2.24) is 0 Å². The van der Waals surface area contributed by atoms with Crippen molar-refractivity contribution in [2.45, 2.75) is 6.92 Å². The Morgan fingerprint density at radius 1 is 1.00 bits per heavy atom. The Morgan fingerprint density at radius 3 is 2.39 bits per heavy atom. The number of aryl methyl sites for hydroxylation is 1. The molecule has 0 aliphatic carbocycles. The molecule has 0 unspecified atom stereocenters. The largest absolute Gasteiger partial charge is 0.454 e. The van der Waals surface area contributed by atoms with Crippen LogP contribution in [0.1, 0.15) is 14.5 Å². The van der Waals surface area contributed by atoms with E-state index < -0.39 is 0 Å². The van der Waals surface area contributed by atoms with Crippen molar-refractivity contribution in [1.29, 1.82) is 0 Å². The third kappa shape index (κ3) is 3.73. The molecule has 3 aromatic rings. The van der Waals surface area contributed by atoms with Gasteiger partial charge in [0.15, 0.2) is 5.75 Å². The molecule has 0 spiro atoms. The van der Waals surface area contributed by atoms with Crippen molar-refractivity contribution in [3.05, 3.63) is 75.4 Å². The average Bonchev–Trinajstić information content (AvgIpc) is 2.98. The molecule has 0 radical (unpaired) electrons. The molecule has 2 aromatic carbocycles. The van der Waals surface area contributed by atoms with Crippen molar-refractivity contribution >= 4 is 34.5 Å². The summed E-state index contributed by atoms with van der Waals surface area (Å²) in [6.07, 6.45) is 0. The van der Waals surface area contributed by atoms with E-state index in [-0.39, 0.29) is 5.91 Å². The number of para-hydroxylation sites is 3. The summed E-state index contributed by atoms with van der Waals surface area (Å²) in [7, 11) is 0. The molecule has 1 heterocycles. The Hall–Kier alpha value is -2.30. The monoisotopic (exact) mass is 343 g/mol. The maximum atomic E-state index is 12.3. The molecule has 0 aliphatic rings. The summed E-state index contributed by atoms with van der Waals surface area (Å²) < 4.78 is 5.84. The fourth-order valence-corrected chi connectivity index (χ4v) is 2.98. The number of amides is 1. The molecule has 3 nitrogen and oxygen atoms in total.